The minimum atomic E-state index is -1.09. The first kappa shape index (κ1) is 18.5. The normalized spacial score (nSPS) is 12.5. The summed E-state index contributed by atoms with van der Waals surface area (Å²) in [6.07, 6.45) is 0. The molecule has 0 aliphatic heterocycles. The largest absolute Gasteiger partial charge is 0.497 e. The molecule has 0 radical (unpaired) electrons. The standard InChI is InChI=1S/C18H21NO6/c1-12(17(20)25-18(2,3)11-24-19(21)22)13-5-6-15-10-16(23-4)8-7-14(15)9-13/h5-10,12H,11H2,1-4H3/t12-/m0/s1. The van der Waals surface area contributed by atoms with Gasteiger partial charge in [0.25, 0.3) is 5.09 Å². The smallest absolute Gasteiger partial charge is 0.313 e. The fraction of sp³-hybridized carbons (Fsp3) is 0.389. The number of benzene rings is 2. The van der Waals surface area contributed by atoms with E-state index in [2.05, 4.69) is 4.84 Å². The van der Waals surface area contributed by atoms with Crippen molar-refractivity contribution in [2.75, 3.05) is 13.7 Å². The highest BCUT2D eigenvalue weighted by Crippen LogP contribution is 2.26. The zero-order valence-corrected chi connectivity index (χ0v) is 14.6. The van der Waals surface area contributed by atoms with Crippen molar-refractivity contribution < 1.29 is 24.2 Å². The molecule has 0 amide bonds. The second kappa shape index (κ2) is 7.38. The van der Waals surface area contributed by atoms with Crippen LogP contribution in [-0.4, -0.2) is 30.4 Å². The Labute approximate surface area is 145 Å². The van der Waals surface area contributed by atoms with Crippen molar-refractivity contribution in [1.82, 2.24) is 0 Å². The predicted octanol–water partition coefficient (Wildman–Crippen LogP) is 3.48. The molecule has 2 rings (SSSR count). The van der Waals surface area contributed by atoms with Crippen LogP contribution in [0.25, 0.3) is 10.8 Å². The Morgan fingerprint density at radius 2 is 1.84 bits per heavy atom. The Balaban J connectivity index is 2.13. The van der Waals surface area contributed by atoms with E-state index in [0.29, 0.717) is 0 Å². The average Bonchev–Trinajstić information content (AvgIpc) is 2.58. The summed E-state index contributed by atoms with van der Waals surface area (Å²) < 4.78 is 10.6. The molecule has 0 spiro atoms. The molecule has 25 heavy (non-hydrogen) atoms. The van der Waals surface area contributed by atoms with Gasteiger partial charge in [0.1, 0.15) is 18.0 Å². The van der Waals surface area contributed by atoms with Gasteiger partial charge in [-0.25, -0.2) is 0 Å². The number of esters is 1. The summed E-state index contributed by atoms with van der Waals surface area (Å²) in [6, 6.07) is 11.4. The topological polar surface area (TPSA) is 87.9 Å². The van der Waals surface area contributed by atoms with E-state index in [-0.39, 0.29) is 6.61 Å². The van der Waals surface area contributed by atoms with Crippen LogP contribution in [0.4, 0.5) is 0 Å². The highest BCUT2D eigenvalue weighted by molar-refractivity contribution is 5.86. The molecule has 0 aliphatic carbocycles. The maximum Gasteiger partial charge on any atom is 0.313 e. The number of hydrogen-bond acceptors (Lipinski definition) is 6. The Kier molecular flexibility index (Phi) is 5.46. The summed E-state index contributed by atoms with van der Waals surface area (Å²) >= 11 is 0. The van der Waals surface area contributed by atoms with E-state index in [0.717, 1.165) is 22.1 Å². The third-order valence-electron chi connectivity index (χ3n) is 3.82. The fourth-order valence-corrected chi connectivity index (χ4v) is 2.37. The molecule has 0 fully saturated rings. The van der Waals surface area contributed by atoms with Crippen molar-refractivity contribution in [3.05, 3.63) is 52.1 Å². The molecular formula is C18H21NO6. The van der Waals surface area contributed by atoms with Crippen molar-refractivity contribution in [3.8, 4) is 5.75 Å². The summed E-state index contributed by atoms with van der Waals surface area (Å²) in [5.74, 6) is -0.216. The van der Waals surface area contributed by atoms with E-state index in [1.54, 1.807) is 27.9 Å². The molecule has 0 saturated carbocycles. The third-order valence-corrected chi connectivity index (χ3v) is 3.82. The van der Waals surface area contributed by atoms with Gasteiger partial charge in [-0.15, -0.1) is 10.1 Å². The quantitative estimate of drug-likeness (QED) is 0.433. The van der Waals surface area contributed by atoms with Crippen LogP contribution in [0.15, 0.2) is 36.4 Å². The van der Waals surface area contributed by atoms with E-state index >= 15 is 0 Å². The first-order valence-electron chi connectivity index (χ1n) is 7.80. The highest BCUT2D eigenvalue weighted by atomic mass is 17.0. The van der Waals surface area contributed by atoms with Gasteiger partial charge in [-0.2, -0.15) is 0 Å². The minimum Gasteiger partial charge on any atom is -0.497 e. The molecule has 0 aliphatic rings. The van der Waals surface area contributed by atoms with Crippen LogP contribution >= 0.6 is 0 Å². The van der Waals surface area contributed by atoms with Gasteiger partial charge in [-0.05, 0) is 49.2 Å². The number of carbonyl (C=O) groups is 1. The predicted molar refractivity (Wildman–Crippen MR) is 92.0 cm³/mol. The van der Waals surface area contributed by atoms with Gasteiger partial charge in [0.15, 0.2) is 0 Å². The maximum absolute atomic E-state index is 12.4. The number of rotatable bonds is 7. The Bertz CT molecular complexity index is 786. The van der Waals surface area contributed by atoms with Crippen LogP contribution in [0.3, 0.4) is 0 Å². The molecule has 1 atom stereocenters. The average molecular weight is 347 g/mol. The van der Waals surface area contributed by atoms with E-state index in [1.807, 2.05) is 36.4 Å². The van der Waals surface area contributed by atoms with Crippen LogP contribution in [0.2, 0.25) is 0 Å². The lowest BCUT2D eigenvalue weighted by Crippen LogP contribution is -2.35. The summed E-state index contributed by atoms with van der Waals surface area (Å²) in [5, 5.41) is 11.4. The molecule has 0 unspecified atom stereocenters. The minimum absolute atomic E-state index is 0.323. The molecule has 7 nitrogen and oxygen atoms in total. The second-order valence-electron chi connectivity index (χ2n) is 6.37. The van der Waals surface area contributed by atoms with Crippen LogP contribution in [0.1, 0.15) is 32.3 Å². The van der Waals surface area contributed by atoms with Crippen molar-refractivity contribution >= 4 is 16.7 Å². The molecule has 0 saturated heterocycles. The lowest BCUT2D eigenvalue weighted by atomic mass is 9.97. The van der Waals surface area contributed by atoms with Crippen LogP contribution in [0.5, 0.6) is 5.75 Å². The van der Waals surface area contributed by atoms with Gasteiger partial charge < -0.3 is 14.3 Å². The molecule has 0 heterocycles. The summed E-state index contributed by atoms with van der Waals surface area (Å²) in [6.45, 7) is 4.54. The summed E-state index contributed by atoms with van der Waals surface area (Å²) in [4.78, 5) is 27.0. The molecule has 0 aromatic heterocycles. The Morgan fingerprint density at radius 1 is 1.20 bits per heavy atom. The zero-order valence-electron chi connectivity index (χ0n) is 14.6. The van der Waals surface area contributed by atoms with E-state index in [1.165, 1.54) is 0 Å². The first-order chi connectivity index (χ1) is 11.7. The van der Waals surface area contributed by atoms with Gasteiger partial charge in [-0.3, -0.25) is 4.79 Å². The van der Waals surface area contributed by atoms with Crippen molar-refractivity contribution in [2.45, 2.75) is 32.3 Å². The molecular weight excluding hydrogens is 326 g/mol. The SMILES string of the molecule is COc1ccc2cc([C@H](C)C(=O)OC(C)(C)CO[N+](=O)[O-])ccc2c1. The van der Waals surface area contributed by atoms with Crippen molar-refractivity contribution in [1.29, 1.82) is 0 Å². The number of ether oxygens (including phenoxy) is 2. The van der Waals surface area contributed by atoms with Gasteiger partial charge in [0.05, 0.1) is 13.0 Å². The Morgan fingerprint density at radius 3 is 2.48 bits per heavy atom. The molecule has 2 aromatic carbocycles. The lowest BCUT2D eigenvalue weighted by Gasteiger charge is -2.25. The monoisotopic (exact) mass is 347 g/mol. The molecule has 0 N–H and O–H groups in total. The Hall–Kier alpha value is -2.83. The van der Waals surface area contributed by atoms with Crippen molar-refractivity contribution in [3.63, 3.8) is 0 Å². The van der Waals surface area contributed by atoms with Crippen LogP contribution in [0, 0.1) is 10.1 Å². The first-order valence-corrected chi connectivity index (χ1v) is 7.80. The fourth-order valence-electron chi connectivity index (χ4n) is 2.37. The molecule has 0 bridgehead atoms. The second-order valence-corrected chi connectivity index (χ2v) is 6.37. The summed E-state index contributed by atoms with van der Waals surface area (Å²) in [7, 11) is 1.61. The van der Waals surface area contributed by atoms with Crippen LogP contribution < -0.4 is 4.74 Å². The molecule has 7 heteroatoms. The molecule has 2 aromatic rings. The van der Waals surface area contributed by atoms with Gasteiger partial charge in [0, 0.05) is 0 Å². The molecule has 134 valence electrons. The maximum atomic E-state index is 12.4. The van der Waals surface area contributed by atoms with E-state index in [4.69, 9.17) is 9.47 Å². The highest BCUT2D eigenvalue weighted by Gasteiger charge is 2.28. The lowest BCUT2D eigenvalue weighted by molar-refractivity contribution is -0.760. The number of fused-ring (bicyclic) bond motifs is 1. The number of methoxy groups -OCH3 is 1. The van der Waals surface area contributed by atoms with Crippen molar-refractivity contribution in [2.24, 2.45) is 0 Å². The third kappa shape index (κ3) is 4.82. The zero-order chi connectivity index (χ0) is 18.6. The van der Waals surface area contributed by atoms with E-state index < -0.39 is 22.6 Å². The van der Waals surface area contributed by atoms with Gasteiger partial charge in [-0.1, -0.05) is 24.3 Å². The number of hydrogen-bond donors (Lipinski definition) is 0. The number of nitrogens with zero attached hydrogens (tertiary/aromatic N) is 1. The number of carbonyl (C=O) groups excluding carboxylic acids is 1. The van der Waals surface area contributed by atoms with Gasteiger partial charge in [0.2, 0.25) is 0 Å². The van der Waals surface area contributed by atoms with E-state index in [9.17, 15) is 14.9 Å². The van der Waals surface area contributed by atoms with Crippen LogP contribution in [-0.2, 0) is 14.4 Å². The summed E-state index contributed by atoms with van der Waals surface area (Å²) in [5.41, 5.74) is -0.295. The van der Waals surface area contributed by atoms with Gasteiger partial charge >= 0.3 is 5.97 Å².